The molecule has 0 spiro atoms. The molecule has 0 radical (unpaired) electrons. The molecule has 0 aromatic carbocycles. The monoisotopic (exact) mass is 429 g/mol. The molecule has 0 N–H and O–H groups in total. The van der Waals surface area contributed by atoms with Gasteiger partial charge in [0.2, 0.25) is 0 Å². The first-order chi connectivity index (χ1) is 10.8. The van der Waals surface area contributed by atoms with Crippen molar-refractivity contribution in [3.8, 4) is 0 Å². The highest BCUT2D eigenvalue weighted by Gasteiger charge is 2.59. The van der Waals surface area contributed by atoms with Crippen LogP contribution < -0.4 is 0 Å². The van der Waals surface area contributed by atoms with Gasteiger partial charge in [0.1, 0.15) is 9.30 Å². The summed E-state index contributed by atoms with van der Waals surface area (Å²) in [5.74, 6) is 2.60. The molecule has 2 heterocycles. The highest BCUT2D eigenvalue weighted by atomic mass is 127. The first-order valence-corrected chi connectivity index (χ1v) is 9.61. The number of amides is 1. The lowest BCUT2D eigenvalue weighted by Crippen LogP contribution is -2.37. The van der Waals surface area contributed by atoms with Gasteiger partial charge in [-0.3, -0.25) is 4.68 Å². The van der Waals surface area contributed by atoms with E-state index in [1.165, 1.54) is 18.5 Å². The van der Waals surface area contributed by atoms with Crippen LogP contribution >= 0.6 is 22.6 Å². The number of aromatic nitrogens is 2. The van der Waals surface area contributed by atoms with Gasteiger partial charge in [0.15, 0.2) is 0 Å². The zero-order valence-corrected chi connectivity index (χ0v) is 16.1. The predicted molar refractivity (Wildman–Crippen MR) is 95.2 cm³/mol. The molecule has 0 bridgehead atoms. The molecule has 1 amide bonds. The van der Waals surface area contributed by atoms with Crippen LogP contribution in [0.25, 0.3) is 0 Å². The second-order valence-electron chi connectivity index (χ2n) is 8.26. The normalized spacial score (nSPS) is 29.6. The Morgan fingerprint density at radius 1 is 1.35 bits per heavy atom. The van der Waals surface area contributed by atoms with Gasteiger partial charge in [-0.05, 0) is 80.0 Å². The van der Waals surface area contributed by atoms with E-state index in [0.717, 1.165) is 29.3 Å². The number of halogens is 1. The largest absolute Gasteiger partial charge is 0.444 e. The minimum absolute atomic E-state index is 0.162. The number of ether oxygens (including phenoxy) is 1. The lowest BCUT2D eigenvalue weighted by Gasteiger charge is -2.26. The number of piperidine rings is 1. The van der Waals surface area contributed by atoms with Gasteiger partial charge in [-0.25, -0.2) is 4.79 Å². The second-order valence-corrected chi connectivity index (χ2v) is 9.36. The van der Waals surface area contributed by atoms with Crippen LogP contribution in [0.5, 0.6) is 0 Å². The van der Waals surface area contributed by atoms with E-state index in [1.807, 2.05) is 25.7 Å². The molecule has 1 aromatic heterocycles. The van der Waals surface area contributed by atoms with E-state index in [-0.39, 0.29) is 6.09 Å². The minimum atomic E-state index is -0.414. The summed E-state index contributed by atoms with van der Waals surface area (Å²) < 4.78 is 8.81. The molecule has 2 atom stereocenters. The Labute approximate surface area is 150 Å². The first-order valence-electron chi connectivity index (χ1n) is 8.53. The van der Waals surface area contributed by atoms with Crippen molar-refractivity contribution in [2.45, 2.75) is 51.7 Å². The summed E-state index contributed by atoms with van der Waals surface area (Å²) in [5, 5.41) is 4.68. The average Bonchev–Trinajstić information content (AvgIpc) is 3.28. The number of hydrogen-bond donors (Lipinski definition) is 0. The Kier molecular flexibility index (Phi) is 3.66. The lowest BCUT2D eigenvalue weighted by atomic mass is 10.2. The molecule has 2 saturated carbocycles. The summed E-state index contributed by atoms with van der Waals surface area (Å²) in [6.45, 7) is 8.49. The maximum absolute atomic E-state index is 12.2. The molecular weight excluding hydrogens is 405 g/mol. The van der Waals surface area contributed by atoms with E-state index in [2.05, 4.69) is 38.4 Å². The van der Waals surface area contributed by atoms with Gasteiger partial charge in [-0.15, -0.1) is 0 Å². The van der Waals surface area contributed by atoms with E-state index in [1.54, 1.807) is 0 Å². The quantitative estimate of drug-likeness (QED) is 0.692. The molecule has 5 nitrogen and oxygen atoms in total. The van der Waals surface area contributed by atoms with Crippen molar-refractivity contribution in [3.63, 3.8) is 0 Å². The Hall–Kier alpha value is -0.790. The number of carbonyl (C=O) groups excluding carboxylic acids is 1. The van der Waals surface area contributed by atoms with Crippen molar-refractivity contribution in [1.82, 2.24) is 14.7 Å². The molecule has 4 rings (SSSR count). The number of carbonyl (C=O) groups is 1. The Balaban J connectivity index is 1.40. The van der Waals surface area contributed by atoms with E-state index in [0.29, 0.717) is 17.8 Å². The van der Waals surface area contributed by atoms with Crippen LogP contribution in [-0.2, 0) is 11.3 Å². The van der Waals surface area contributed by atoms with Crippen LogP contribution in [0.3, 0.4) is 0 Å². The molecule has 2 unspecified atom stereocenters. The molecular formula is C17H24IN3O2. The maximum Gasteiger partial charge on any atom is 0.410 e. The molecule has 126 valence electrons. The third-order valence-electron chi connectivity index (χ3n) is 5.10. The fourth-order valence-corrected chi connectivity index (χ4v) is 4.38. The van der Waals surface area contributed by atoms with Crippen molar-refractivity contribution in [1.29, 1.82) is 0 Å². The van der Waals surface area contributed by atoms with E-state index in [4.69, 9.17) is 4.74 Å². The fourth-order valence-electron chi connectivity index (χ4n) is 3.80. The minimum Gasteiger partial charge on any atom is -0.444 e. The van der Waals surface area contributed by atoms with Crippen molar-refractivity contribution in [2.24, 2.45) is 17.8 Å². The number of rotatable bonds is 3. The van der Waals surface area contributed by atoms with Crippen molar-refractivity contribution >= 4 is 28.7 Å². The van der Waals surface area contributed by atoms with Gasteiger partial charge in [-0.1, -0.05) is 0 Å². The molecule has 3 aliphatic rings. The number of fused-ring (bicyclic) bond motifs is 1. The molecule has 2 aliphatic carbocycles. The average molecular weight is 429 g/mol. The zero-order valence-electron chi connectivity index (χ0n) is 14.0. The summed E-state index contributed by atoms with van der Waals surface area (Å²) in [4.78, 5) is 14.1. The summed E-state index contributed by atoms with van der Waals surface area (Å²) in [5.41, 5.74) is 0.975. The third-order valence-corrected chi connectivity index (χ3v) is 5.62. The highest BCUT2D eigenvalue weighted by molar-refractivity contribution is 14.1. The number of nitrogens with zero attached hydrogens (tertiary/aromatic N) is 3. The van der Waals surface area contributed by atoms with Gasteiger partial charge in [0.05, 0.1) is 0 Å². The predicted octanol–water partition coefficient (Wildman–Crippen LogP) is 3.48. The summed E-state index contributed by atoms with van der Waals surface area (Å²) in [7, 11) is 0. The van der Waals surface area contributed by atoms with E-state index >= 15 is 0 Å². The Morgan fingerprint density at radius 3 is 2.57 bits per heavy atom. The summed E-state index contributed by atoms with van der Waals surface area (Å²) in [6, 6.07) is 2.24. The molecule has 23 heavy (non-hydrogen) atoms. The van der Waals surface area contributed by atoms with Crippen molar-refractivity contribution in [3.05, 3.63) is 15.5 Å². The van der Waals surface area contributed by atoms with Gasteiger partial charge in [0.25, 0.3) is 0 Å². The van der Waals surface area contributed by atoms with Gasteiger partial charge >= 0.3 is 6.09 Å². The third kappa shape index (κ3) is 3.23. The van der Waals surface area contributed by atoms with Crippen LogP contribution in [-0.4, -0.2) is 39.5 Å². The van der Waals surface area contributed by atoms with Crippen LogP contribution in [0.1, 0.15) is 45.2 Å². The van der Waals surface area contributed by atoms with Gasteiger partial charge < -0.3 is 9.64 Å². The van der Waals surface area contributed by atoms with Crippen LogP contribution in [0.4, 0.5) is 4.79 Å². The van der Waals surface area contributed by atoms with Crippen LogP contribution in [0.15, 0.2) is 6.07 Å². The molecule has 6 heteroatoms. The van der Waals surface area contributed by atoms with E-state index < -0.39 is 5.60 Å². The number of likely N-dealkylation sites (tertiary alicyclic amines) is 1. The van der Waals surface area contributed by atoms with Gasteiger partial charge in [-0.2, -0.15) is 5.10 Å². The number of hydrogen-bond acceptors (Lipinski definition) is 3. The lowest BCUT2D eigenvalue weighted by molar-refractivity contribution is 0.0270. The zero-order chi connectivity index (χ0) is 16.4. The summed E-state index contributed by atoms with van der Waals surface area (Å²) >= 11 is 2.31. The first kappa shape index (κ1) is 15.7. The van der Waals surface area contributed by atoms with Crippen LogP contribution in [0, 0.1) is 21.5 Å². The standard InChI is InChI=1S/C17H24IN3O2/c1-17(2,3)23-16(22)20-8-11-12(9-20)15(11)13-6-14(18)19-21(13)7-10-4-5-10/h6,10-12,15H,4-5,7-9H2,1-3H3. The SMILES string of the molecule is CC(C)(C)OC(=O)N1CC2C(C1)C2c1cc(I)nn1CC1CC1. The highest BCUT2D eigenvalue weighted by Crippen LogP contribution is 2.58. The second kappa shape index (κ2) is 5.36. The maximum atomic E-state index is 12.2. The topological polar surface area (TPSA) is 47.4 Å². The van der Waals surface area contributed by atoms with Crippen LogP contribution in [0.2, 0.25) is 0 Å². The smallest absolute Gasteiger partial charge is 0.410 e. The summed E-state index contributed by atoms with van der Waals surface area (Å²) in [6.07, 6.45) is 2.53. The molecule has 1 aromatic rings. The molecule has 1 saturated heterocycles. The molecule has 3 fully saturated rings. The fraction of sp³-hybridized carbons (Fsp3) is 0.765. The van der Waals surface area contributed by atoms with Crippen molar-refractivity contribution in [2.75, 3.05) is 13.1 Å². The Morgan fingerprint density at radius 2 is 2.00 bits per heavy atom. The van der Waals surface area contributed by atoms with Crippen molar-refractivity contribution < 1.29 is 9.53 Å². The van der Waals surface area contributed by atoms with E-state index in [9.17, 15) is 4.79 Å². The Bertz CT molecular complexity index is 620. The van der Waals surface area contributed by atoms with Gasteiger partial charge in [0, 0.05) is 31.2 Å². The molecule has 1 aliphatic heterocycles.